The Morgan fingerprint density at radius 2 is 1.79 bits per heavy atom. The van der Waals surface area contributed by atoms with Crippen molar-refractivity contribution in [2.45, 2.75) is 13.3 Å². The molecule has 5 aromatic rings. The predicted molar refractivity (Wildman–Crippen MR) is 135 cm³/mol. The van der Waals surface area contributed by atoms with E-state index in [0.717, 1.165) is 10.0 Å². The van der Waals surface area contributed by atoms with Gasteiger partial charge in [-0.1, -0.05) is 54.1 Å². The molecule has 0 atom stereocenters. The summed E-state index contributed by atoms with van der Waals surface area (Å²) in [6, 6.07) is 23.1. The summed E-state index contributed by atoms with van der Waals surface area (Å²) in [5.41, 5.74) is 1.42. The number of benzene rings is 3. The lowest BCUT2D eigenvalue weighted by atomic mass is 10.0. The molecule has 0 aliphatic rings. The molecule has 1 N–H and O–H groups in total. The molecule has 170 valence electrons. The largest absolute Gasteiger partial charge is 0.470 e. The van der Waals surface area contributed by atoms with E-state index in [9.17, 15) is 4.79 Å². The number of nitrogens with one attached hydrogen (secondary N) is 1. The molecule has 1 amide bonds. The van der Waals surface area contributed by atoms with E-state index < -0.39 is 0 Å². The molecule has 0 unspecified atom stereocenters. The summed E-state index contributed by atoms with van der Waals surface area (Å²) in [4.78, 5) is 12.6. The predicted octanol–water partition coefficient (Wildman–Crippen LogP) is 5.99. The minimum atomic E-state index is -0.346. The fourth-order valence-electron chi connectivity index (χ4n) is 3.58. The minimum Gasteiger partial charge on any atom is -0.470 e. The number of ether oxygens (including phenoxy) is 1. The maximum absolute atomic E-state index is 12.6. The van der Waals surface area contributed by atoms with Gasteiger partial charge < -0.3 is 10.1 Å². The van der Waals surface area contributed by atoms with Gasteiger partial charge in [-0.2, -0.15) is 10.2 Å². The molecule has 3 aromatic carbocycles. The van der Waals surface area contributed by atoms with Crippen molar-refractivity contribution in [3.8, 4) is 5.75 Å². The molecule has 34 heavy (non-hydrogen) atoms. The first-order chi connectivity index (χ1) is 16.5. The fourth-order valence-corrected chi connectivity index (χ4v) is 4.38. The first-order valence-electron chi connectivity index (χ1n) is 10.5. The molecule has 0 radical (unpaired) electrons. The number of halogens is 2. The topological polar surface area (TPSA) is 74.0 Å². The van der Waals surface area contributed by atoms with Crippen LogP contribution >= 0.6 is 27.5 Å². The average molecular weight is 537 g/mol. The smallest absolute Gasteiger partial charge is 0.277 e. The Morgan fingerprint density at radius 1 is 0.971 bits per heavy atom. The maximum Gasteiger partial charge on any atom is 0.277 e. The molecule has 9 heteroatoms. The van der Waals surface area contributed by atoms with Gasteiger partial charge in [-0.25, -0.2) is 4.68 Å². The Bertz CT molecular complexity index is 1470. The number of fused-ring (bicyclic) bond motifs is 1. The number of hydrogen-bond donors (Lipinski definition) is 1. The molecule has 0 saturated heterocycles. The van der Waals surface area contributed by atoms with Crippen molar-refractivity contribution in [3.63, 3.8) is 0 Å². The van der Waals surface area contributed by atoms with Gasteiger partial charge in [-0.05, 0) is 56.5 Å². The van der Waals surface area contributed by atoms with Gasteiger partial charge in [0.2, 0.25) is 0 Å². The van der Waals surface area contributed by atoms with Gasteiger partial charge in [0.1, 0.15) is 5.75 Å². The summed E-state index contributed by atoms with van der Waals surface area (Å²) < 4.78 is 9.80. The third-order valence-electron chi connectivity index (χ3n) is 5.21. The highest BCUT2D eigenvalue weighted by Crippen LogP contribution is 2.28. The van der Waals surface area contributed by atoms with Crippen LogP contribution in [0.4, 0.5) is 5.82 Å². The standard InChI is InChI=1S/C25H19BrClN5O2/c26-21-14-19(27)8-9-23(21)34-16-32-12-10-22(29-32)25(33)28-24-11-13-31(30-24)15-18-6-3-5-17-4-1-2-7-20(17)18/h1-14H,15-16H2,(H,28,30,33). The Morgan fingerprint density at radius 3 is 2.68 bits per heavy atom. The zero-order chi connectivity index (χ0) is 23.5. The summed E-state index contributed by atoms with van der Waals surface area (Å²) >= 11 is 9.36. The van der Waals surface area contributed by atoms with Crippen molar-refractivity contribution in [3.05, 3.63) is 106 Å². The van der Waals surface area contributed by atoms with E-state index in [-0.39, 0.29) is 18.3 Å². The van der Waals surface area contributed by atoms with Crippen LogP contribution in [0.1, 0.15) is 16.1 Å². The van der Waals surface area contributed by atoms with E-state index >= 15 is 0 Å². The minimum absolute atomic E-state index is 0.146. The molecule has 2 aromatic heterocycles. The van der Waals surface area contributed by atoms with Crippen molar-refractivity contribution >= 4 is 50.0 Å². The summed E-state index contributed by atoms with van der Waals surface area (Å²) in [7, 11) is 0. The quantitative estimate of drug-likeness (QED) is 0.277. The van der Waals surface area contributed by atoms with Crippen LogP contribution in [0.25, 0.3) is 10.8 Å². The number of aromatic nitrogens is 4. The Labute approximate surface area is 209 Å². The van der Waals surface area contributed by atoms with Gasteiger partial charge in [-0.15, -0.1) is 0 Å². The van der Waals surface area contributed by atoms with Crippen LogP contribution in [0.15, 0.2) is 89.7 Å². The van der Waals surface area contributed by atoms with Gasteiger partial charge >= 0.3 is 0 Å². The molecule has 7 nitrogen and oxygen atoms in total. The third kappa shape index (κ3) is 4.98. The van der Waals surface area contributed by atoms with E-state index in [4.69, 9.17) is 16.3 Å². The van der Waals surface area contributed by atoms with E-state index in [2.05, 4.69) is 55.7 Å². The highest BCUT2D eigenvalue weighted by molar-refractivity contribution is 9.10. The van der Waals surface area contributed by atoms with Gasteiger partial charge in [-0.3, -0.25) is 9.48 Å². The summed E-state index contributed by atoms with van der Waals surface area (Å²) in [6.07, 6.45) is 3.52. The summed E-state index contributed by atoms with van der Waals surface area (Å²) in [5, 5.41) is 14.5. The van der Waals surface area contributed by atoms with Crippen molar-refractivity contribution in [2.24, 2.45) is 0 Å². The zero-order valence-electron chi connectivity index (χ0n) is 17.9. The van der Waals surface area contributed by atoms with Crippen LogP contribution in [0, 0.1) is 0 Å². The average Bonchev–Trinajstić information content (AvgIpc) is 3.48. The number of anilines is 1. The normalized spacial score (nSPS) is 11.0. The number of carbonyl (C=O) groups excluding carboxylic acids is 1. The zero-order valence-corrected chi connectivity index (χ0v) is 20.2. The Hall–Kier alpha value is -3.62. The molecule has 0 saturated carbocycles. The molecule has 2 heterocycles. The summed E-state index contributed by atoms with van der Waals surface area (Å²) in [5.74, 6) is 0.741. The molecule has 0 spiro atoms. The van der Waals surface area contributed by atoms with Crippen LogP contribution in [0.5, 0.6) is 5.75 Å². The molecule has 0 aliphatic heterocycles. The second-order valence-electron chi connectivity index (χ2n) is 7.58. The Kier molecular flexibility index (Phi) is 6.33. The number of rotatable bonds is 7. The maximum atomic E-state index is 12.6. The fraction of sp³-hybridized carbons (Fsp3) is 0.0800. The SMILES string of the molecule is O=C(Nc1ccn(Cc2cccc3ccccc23)n1)c1ccn(COc2ccc(Cl)cc2Br)n1. The number of amides is 1. The van der Waals surface area contributed by atoms with Crippen molar-refractivity contribution in [1.29, 1.82) is 0 Å². The van der Waals surface area contributed by atoms with E-state index in [1.807, 2.05) is 24.4 Å². The first kappa shape index (κ1) is 22.2. The lowest BCUT2D eigenvalue weighted by Gasteiger charge is -2.08. The van der Waals surface area contributed by atoms with Crippen LogP contribution < -0.4 is 10.1 Å². The molecule has 0 aliphatic carbocycles. The molecule has 5 rings (SSSR count). The molecule has 0 fully saturated rings. The van der Waals surface area contributed by atoms with Crippen LogP contribution in [0.2, 0.25) is 5.02 Å². The summed E-state index contributed by atoms with van der Waals surface area (Å²) in [6.45, 7) is 0.747. The van der Waals surface area contributed by atoms with E-state index in [1.165, 1.54) is 15.5 Å². The number of carbonyl (C=O) groups is 1. The van der Waals surface area contributed by atoms with Crippen LogP contribution in [-0.2, 0) is 13.3 Å². The van der Waals surface area contributed by atoms with Crippen molar-refractivity contribution in [1.82, 2.24) is 19.6 Å². The van der Waals surface area contributed by atoms with Crippen molar-refractivity contribution in [2.75, 3.05) is 5.32 Å². The second kappa shape index (κ2) is 9.70. The molecule has 0 bridgehead atoms. The van der Waals surface area contributed by atoms with Gasteiger partial charge in [0, 0.05) is 23.5 Å². The number of nitrogens with zero attached hydrogens (tertiary/aromatic N) is 4. The van der Waals surface area contributed by atoms with E-state index in [1.54, 1.807) is 41.2 Å². The molecular formula is C25H19BrClN5O2. The number of hydrogen-bond acceptors (Lipinski definition) is 4. The van der Waals surface area contributed by atoms with Gasteiger partial charge in [0.05, 0.1) is 11.0 Å². The monoisotopic (exact) mass is 535 g/mol. The van der Waals surface area contributed by atoms with Gasteiger partial charge in [0.25, 0.3) is 5.91 Å². The lowest BCUT2D eigenvalue weighted by Crippen LogP contribution is -2.15. The van der Waals surface area contributed by atoms with Gasteiger partial charge in [0.15, 0.2) is 18.2 Å². The lowest BCUT2D eigenvalue weighted by molar-refractivity contribution is 0.101. The third-order valence-corrected chi connectivity index (χ3v) is 6.07. The van der Waals surface area contributed by atoms with E-state index in [0.29, 0.717) is 23.1 Å². The first-order valence-corrected chi connectivity index (χ1v) is 11.6. The van der Waals surface area contributed by atoms with Crippen LogP contribution in [0.3, 0.4) is 0 Å². The molecular weight excluding hydrogens is 518 g/mol. The second-order valence-corrected chi connectivity index (χ2v) is 8.87. The highest BCUT2D eigenvalue weighted by Gasteiger charge is 2.12. The highest BCUT2D eigenvalue weighted by atomic mass is 79.9. The van der Waals surface area contributed by atoms with Crippen LogP contribution in [-0.4, -0.2) is 25.5 Å². The van der Waals surface area contributed by atoms with Crippen molar-refractivity contribution < 1.29 is 9.53 Å². The Balaban J connectivity index is 1.21.